The molecule has 2 aromatic rings. The summed E-state index contributed by atoms with van der Waals surface area (Å²) in [6, 6.07) is 6.36. The van der Waals surface area contributed by atoms with E-state index in [1.54, 1.807) is 25.1 Å². The average molecular weight is 298 g/mol. The van der Waals surface area contributed by atoms with Gasteiger partial charge >= 0.3 is 0 Å². The molecule has 0 saturated carbocycles. The number of hydrogen-bond acceptors (Lipinski definition) is 2. The van der Waals surface area contributed by atoms with Crippen molar-refractivity contribution in [2.75, 3.05) is 7.11 Å². The summed E-state index contributed by atoms with van der Waals surface area (Å²) in [5.74, 6) is -0.913. The molecular formula is C15H14ClF2NO. The molecule has 106 valence electrons. The molecule has 0 amide bonds. The van der Waals surface area contributed by atoms with Crippen LogP contribution >= 0.6 is 11.6 Å². The molecule has 0 saturated heterocycles. The lowest BCUT2D eigenvalue weighted by molar-refractivity contribution is 0.406. The number of halogens is 3. The van der Waals surface area contributed by atoms with Crippen LogP contribution in [0.5, 0.6) is 5.75 Å². The first-order valence-corrected chi connectivity index (χ1v) is 6.37. The fourth-order valence-corrected chi connectivity index (χ4v) is 2.25. The maximum Gasteiger partial charge on any atom is 0.134 e. The third-order valence-corrected chi connectivity index (χ3v) is 3.39. The second kappa shape index (κ2) is 5.77. The predicted molar refractivity (Wildman–Crippen MR) is 75.1 cm³/mol. The lowest BCUT2D eigenvalue weighted by atomic mass is 9.96. The minimum atomic E-state index is -0.997. The van der Waals surface area contributed by atoms with Gasteiger partial charge in [-0.25, -0.2) is 8.78 Å². The minimum Gasteiger partial charge on any atom is -0.496 e. The summed E-state index contributed by atoms with van der Waals surface area (Å²) in [6.45, 7) is 1.56. The number of ether oxygens (including phenoxy) is 1. The molecule has 2 aromatic carbocycles. The van der Waals surface area contributed by atoms with Crippen molar-refractivity contribution in [3.05, 3.63) is 63.7 Å². The van der Waals surface area contributed by atoms with Crippen molar-refractivity contribution in [3.8, 4) is 5.75 Å². The topological polar surface area (TPSA) is 35.2 Å². The number of hydrogen-bond donors (Lipinski definition) is 1. The lowest BCUT2D eigenvalue weighted by Crippen LogP contribution is -2.17. The molecule has 1 atom stereocenters. The van der Waals surface area contributed by atoms with Gasteiger partial charge in [0.25, 0.3) is 0 Å². The van der Waals surface area contributed by atoms with E-state index in [0.717, 1.165) is 0 Å². The van der Waals surface area contributed by atoms with Crippen LogP contribution in [-0.2, 0) is 0 Å². The normalized spacial score (nSPS) is 12.3. The molecule has 0 radical (unpaired) electrons. The van der Waals surface area contributed by atoms with Crippen LogP contribution < -0.4 is 10.5 Å². The third-order valence-electron chi connectivity index (χ3n) is 3.16. The number of aryl methyl sites for hydroxylation is 1. The molecule has 0 aliphatic heterocycles. The smallest absolute Gasteiger partial charge is 0.134 e. The molecule has 20 heavy (non-hydrogen) atoms. The summed E-state index contributed by atoms with van der Waals surface area (Å²) in [5.41, 5.74) is 6.59. The van der Waals surface area contributed by atoms with Crippen LogP contribution in [0.2, 0.25) is 5.02 Å². The minimum absolute atomic E-state index is 0.189. The first-order chi connectivity index (χ1) is 9.45. The second-order valence-corrected chi connectivity index (χ2v) is 4.89. The highest BCUT2D eigenvalue weighted by Crippen LogP contribution is 2.33. The van der Waals surface area contributed by atoms with Crippen molar-refractivity contribution in [2.24, 2.45) is 5.73 Å². The molecule has 0 bridgehead atoms. The van der Waals surface area contributed by atoms with Gasteiger partial charge in [0.05, 0.1) is 13.2 Å². The first-order valence-electron chi connectivity index (χ1n) is 5.99. The Bertz CT molecular complexity index is 646. The molecule has 5 heteroatoms. The first kappa shape index (κ1) is 14.8. The van der Waals surface area contributed by atoms with Gasteiger partial charge in [0, 0.05) is 16.1 Å². The molecule has 0 heterocycles. The quantitative estimate of drug-likeness (QED) is 0.930. The van der Waals surface area contributed by atoms with Crippen molar-refractivity contribution < 1.29 is 13.5 Å². The Morgan fingerprint density at radius 3 is 2.55 bits per heavy atom. The summed E-state index contributed by atoms with van der Waals surface area (Å²) in [6.07, 6.45) is 0. The molecule has 1 unspecified atom stereocenters. The number of rotatable bonds is 3. The fourth-order valence-electron chi connectivity index (χ4n) is 2.07. The Hall–Kier alpha value is -1.65. The van der Waals surface area contributed by atoms with Crippen LogP contribution in [0.25, 0.3) is 0 Å². The Balaban J connectivity index is 2.60. The highest BCUT2D eigenvalue weighted by molar-refractivity contribution is 6.30. The predicted octanol–water partition coefficient (Wildman–Crippen LogP) is 3.98. The van der Waals surface area contributed by atoms with E-state index >= 15 is 0 Å². The van der Waals surface area contributed by atoms with Crippen molar-refractivity contribution >= 4 is 11.6 Å². The molecule has 0 aliphatic rings. The molecule has 2 rings (SSSR count). The van der Waals surface area contributed by atoms with Gasteiger partial charge in [0.2, 0.25) is 0 Å². The zero-order valence-electron chi connectivity index (χ0n) is 11.1. The van der Waals surface area contributed by atoms with E-state index in [4.69, 9.17) is 22.1 Å². The summed E-state index contributed by atoms with van der Waals surface area (Å²) >= 11 is 5.92. The highest BCUT2D eigenvalue weighted by atomic mass is 35.5. The van der Waals surface area contributed by atoms with E-state index in [1.807, 2.05) is 0 Å². The van der Waals surface area contributed by atoms with Crippen LogP contribution in [0.15, 0.2) is 30.3 Å². The Morgan fingerprint density at radius 2 is 1.90 bits per heavy atom. The maximum absolute atomic E-state index is 14.1. The summed E-state index contributed by atoms with van der Waals surface area (Å²) in [5, 5.41) is 0.421. The summed E-state index contributed by atoms with van der Waals surface area (Å²) in [7, 11) is 1.46. The van der Waals surface area contributed by atoms with E-state index in [-0.39, 0.29) is 5.56 Å². The SMILES string of the molecule is COc1ccc(Cl)cc1C(N)c1c(F)ccc(C)c1F. The highest BCUT2D eigenvalue weighted by Gasteiger charge is 2.22. The largest absolute Gasteiger partial charge is 0.496 e. The van der Waals surface area contributed by atoms with Gasteiger partial charge in [0.15, 0.2) is 0 Å². The van der Waals surface area contributed by atoms with E-state index < -0.39 is 17.7 Å². The number of benzene rings is 2. The van der Waals surface area contributed by atoms with Gasteiger partial charge in [-0.1, -0.05) is 17.7 Å². The van der Waals surface area contributed by atoms with Crippen LogP contribution in [0, 0.1) is 18.6 Å². The second-order valence-electron chi connectivity index (χ2n) is 4.46. The van der Waals surface area contributed by atoms with Crippen molar-refractivity contribution in [2.45, 2.75) is 13.0 Å². The van der Waals surface area contributed by atoms with Crippen molar-refractivity contribution in [3.63, 3.8) is 0 Å². The van der Waals surface area contributed by atoms with E-state index in [9.17, 15) is 8.78 Å². The van der Waals surface area contributed by atoms with Gasteiger partial charge in [-0.15, -0.1) is 0 Å². The Labute approximate surface area is 121 Å². The number of nitrogens with two attached hydrogens (primary N) is 1. The molecule has 2 N–H and O–H groups in total. The average Bonchev–Trinajstić information content (AvgIpc) is 2.43. The van der Waals surface area contributed by atoms with Crippen molar-refractivity contribution in [1.29, 1.82) is 0 Å². The fraction of sp³-hybridized carbons (Fsp3) is 0.200. The zero-order chi connectivity index (χ0) is 14.9. The van der Waals surface area contributed by atoms with E-state index in [1.165, 1.54) is 19.2 Å². The molecule has 0 spiro atoms. The zero-order valence-corrected chi connectivity index (χ0v) is 11.8. The summed E-state index contributed by atoms with van der Waals surface area (Å²) in [4.78, 5) is 0. The number of methoxy groups -OCH3 is 1. The Morgan fingerprint density at radius 1 is 1.20 bits per heavy atom. The van der Waals surface area contributed by atoms with E-state index in [2.05, 4.69) is 0 Å². The van der Waals surface area contributed by atoms with Gasteiger partial charge in [-0.3, -0.25) is 0 Å². The van der Waals surface area contributed by atoms with Crippen LogP contribution in [0.3, 0.4) is 0 Å². The molecule has 0 fully saturated rings. The standard InChI is InChI=1S/C15H14ClF2NO/c1-8-3-5-11(17)13(14(8)18)15(19)10-7-9(16)4-6-12(10)20-2/h3-7,15H,19H2,1-2H3. The molecular weight excluding hydrogens is 284 g/mol. The van der Waals surface area contributed by atoms with Gasteiger partial charge in [-0.05, 0) is 36.8 Å². The van der Waals surface area contributed by atoms with Gasteiger partial charge in [-0.2, -0.15) is 0 Å². The van der Waals surface area contributed by atoms with E-state index in [0.29, 0.717) is 21.9 Å². The maximum atomic E-state index is 14.1. The monoisotopic (exact) mass is 297 g/mol. The lowest BCUT2D eigenvalue weighted by Gasteiger charge is -2.18. The molecule has 0 aliphatic carbocycles. The van der Waals surface area contributed by atoms with Gasteiger partial charge < -0.3 is 10.5 Å². The van der Waals surface area contributed by atoms with Crippen LogP contribution in [-0.4, -0.2) is 7.11 Å². The van der Waals surface area contributed by atoms with Crippen LogP contribution in [0.4, 0.5) is 8.78 Å². The summed E-state index contributed by atoms with van der Waals surface area (Å²) < 4.78 is 33.2. The Kier molecular flexibility index (Phi) is 4.26. The van der Waals surface area contributed by atoms with Gasteiger partial charge in [0.1, 0.15) is 17.4 Å². The van der Waals surface area contributed by atoms with Crippen molar-refractivity contribution in [1.82, 2.24) is 0 Å². The molecule has 2 nitrogen and oxygen atoms in total. The third kappa shape index (κ3) is 2.62. The molecule has 0 aromatic heterocycles. The van der Waals surface area contributed by atoms with Crippen LogP contribution in [0.1, 0.15) is 22.7 Å².